The van der Waals surface area contributed by atoms with Crippen LogP contribution in [0, 0.1) is 6.92 Å². The maximum Gasteiger partial charge on any atom is 0.301 e. The highest BCUT2D eigenvalue weighted by atomic mass is 16.4. The van der Waals surface area contributed by atoms with Gasteiger partial charge in [-0.3, -0.25) is 19.9 Å². The van der Waals surface area contributed by atoms with Crippen LogP contribution in [-0.2, 0) is 11.3 Å². The van der Waals surface area contributed by atoms with E-state index < -0.39 is 5.91 Å². The normalized spacial score (nSPS) is 19.1. The van der Waals surface area contributed by atoms with Gasteiger partial charge in [0.2, 0.25) is 5.91 Å². The molecule has 0 saturated carbocycles. The summed E-state index contributed by atoms with van der Waals surface area (Å²) >= 11 is 0. The molecule has 1 atom stereocenters. The SMILES string of the molecule is CNC(=O)C1CCCN1Cc1cc(C)c(C(=O)NN)o1. The molecular formula is C13H20N4O3. The van der Waals surface area contributed by atoms with Crippen LogP contribution in [0.4, 0.5) is 0 Å². The first-order valence-electron chi connectivity index (χ1n) is 6.62. The summed E-state index contributed by atoms with van der Waals surface area (Å²) in [5.41, 5.74) is 2.79. The Bertz CT molecular complexity index is 512. The highest BCUT2D eigenvalue weighted by Crippen LogP contribution is 2.22. The molecule has 0 spiro atoms. The maximum atomic E-state index is 11.8. The van der Waals surface area contributed by atoms with Crippen LogP contribution in [0.5, 0.6) is 0 Å². The fourth-order valence-electron chi connectivity index (χ4n) is 2.60. The molecule has 0 aromatic carbocycles. The van der Waals surface area contributed by atoms with E-state index in [2.05, 4.69) is 15.6 Å². The van der Waals surface area contributed by atoms with Gasteiger partial charge in [0.15, 0.2) is 5.76 Å². The van der Waals surface area contributed by atoms with E-state index in [9.17, 15) is 9.59 Å². The van der Waals surface area contributed by atoms with Crippen molar-refractivity contribution >= 4 is 11.8 Å². The number of nitrogens with zero attached hydrogens (tertiary/aromatic N) is 1. The summed E-state index contributed by atoms with van der Waals surface area (Å²) in [4.78, 5) is 25.3. The zero-order chi connectivity index (χ0) is 14.7. The quantitative estimate of drug-likeness (QED) is 0.406. The zero-order valence-electron chi connectivity index (χ0n) is 11.7. The number of hydrogen-bond donors (Lipinski definition) is 3. The maximum absolute atomic E-state index is 11.8. The van der Waals surface area contributed by atoms with Crippen molar-refractivity contribution in [3.8, 4) is 0 Å². The van der Waals surface area contributed by atoms with Gasteiger partial charge >= 0.3 is 5.91 Å². The van der Waals surface area contributed by atoms with Crippen LogP contribution in [0.1, 0.15) is 34.7 Å². The number of amides is 2. The minimum absolute atomic E-state index is 0.0192. The number of likely N-dealkylation sites (N-methyl/N-ethyl adjacent to an activating group) is 1. The predicted molar refractivity (Wildman–Crippen MR) is 72.6 cm³/mol. The number of aryl methyl sites for hydroxylation is 1. The Balaban J connectivity index is 2.10. The summed E-state index contributed by atoms with van der Waals surface area (Å²) in [6.07, 6.45) is 1.82. The molecule has 1 fully saturated rings. The average Bonchev–Trinajstić information content (AvgIpc) is 3.04. The summed E-state index contributed by atoms with van der Waals surface area (Å²) < 4.78 is 5.53. The van der Waals surface area contributed by atoms with E-state index in [1.54, 1.807) is 14.0 Å². The monoisotopic (exact) mass is 280 g/mol. The van der Waals surface area contributed by atoms with Gasteiger partial charge in [-0.15, -0.1) is 0 Å². The number of rotatable bonds is 4. The number of nitrogens with one attached hydrogen (secondary N) is 2. The Morgan fingerprint density at radius 1 is 1.55 bits per heavy atom. The molecule has 1 aliphatic rings. The van der Waals surface area contributed by atoms with Gasteiger partial charge in [-0.25, -0.2) is 5.84 Å². The summed E-state index contributed by atoms with van der Waals surface area (Å²) in [7, 11) is 1.64. The lowest BCUT2D eigenvalue weighted by Crippen LogP contribution is -2.41. The van der Waals surface area contributed by atoms with Crippen molar-refractivity contribution < 1.29 is 14.0 Å². The highest BCUT2D eigenvalue weighted by molar-refractivity contribution is 5.92. The standard InChI is InChI=1S/C13H20N4O3/c1-8-6-9(20-11(8)13(19)16-14)7-17-5-3-4-10(17)12(18)15-2/h6,10H,3-5,7,14H2,1-2H3,(H,15,18)(H,16,19). The van der Waals surface area contributed by atoms with Gasteiger partial charge in [-0.1, -0.05) is 0 Å². The number of nitrogen functional groups attached to an aromatic ring is 1. The minimum Gasteiger partial charge on any atom is -0.454 e. The van der Waals surface area contributed by atoms with Gasteiger partial charge in [-0.05, 0) is 32.4 Å². The molecule has 7 heteroatoms. The first kappa shape index (κ1) is 14.5. The predicted octanol–water partition coefficient (Wildman–Crippen LogP) is -0.0981. The van der Waals surface area contributed by atoms with Crippen molar-refractivity contribution in [3.63, 3.8) is 0 Å². The zero-order valence-corrected chi connectivity index (χ0v) is 11.7. The molecule has 4 N–H and O–H groups in total. The Morgan fingerprint density at radius 2 is 2.30 bits per heavy atom. The second-order valence-electron chi connectivity index (χ2n) is 4.94. The number of furan rings is 1. The van der Waals surface area contributed by atoms with Gasteiger partial charge in [-0.2, -0.15) is 0 Å². The van der Waals surface area contributed by atoms with E-state index in [0.29, 0.717) is 12.3 Å². The van der Waals surface area contributed by atoms with Crippen LogP contribution in [-0.4, -0.2) is 36.3 Å². The molecule has 0 aliphatic carbocycles. The van der Waals surface area contributed by atoms with Crippen LogP contribution < -0.4 is 16.6 Å². The van der Waals surface area contributed by atoms with E-state index >= 15 is 0 Å². The van der Waals surface area contributed by atoms with Gasteiger partial charge in [0.05, 0.1) is 12.6 Å². The number of likely N-dealkylation sites (tertiary alicyclic amines) is 1. The number of hydrazine groups is 1. The topological polar surface area (TPSA) is 101 Å². The number of nitrogens with two attached hydrogens (primary N) is 1. The van der Waals surface area contributed by atoms with Crippen molar-refractivity contribution in [2.45, 2.75) is 32.4 Å². The molecule has 0 bridgehead atoms. The van der Waals surface area contributed by atoms with Gasteiger partial charge in [0, 0.05) is 12.6 Å². The van der Waals surface area contributed by atoms with Crippen LogP contribution >= 0.6 is 0 Å². The first-order chi connectivity index (χ1) is 9.56. The number of hydrogen-bond acceptors (Lipinski definition) is 5. The third-order valence-electron chi connectivity index (χ3n) is 3.58. The Labute approximate surface area is 117 Å². The third-order valence-corrected chi connectivity index (χ3v) is 3.58. The van der Waals surface area contributed by atoms with E-state index in [1.165, 1.54) is 0 Å². The van der Waals surface area contributed by atoms with Crippen LogP contribution in [0.3, 0.4) is 0 Å². The van der Waals surface area contributed by atoms with Crippen LogP contribution in [0.2, 0.25) is 0 Å². The molecule has 2 rings (SSSR count). The smallest absolute Gasteiger partial charge is 0.301 e. The van der Waals surface area contributed by atoms with Crippen molar-refractivity contribution in [3.05, 3.63) is 23.2 Å². The fourth-order valence-corrected chi connectivity index (χ4v) is 2.60. The second kappa shape index (κ2) is 6.06. The first-order valence-corrected chi connectivity index (χ1v) is 6.62. The summed E-state index contributed by atoms with van der Waals surface area (Å²) in [6.45, 7) is 3.14. The highest BCUT2D eigenvalue weighted by Gasteiger charge is 2.30. The Hall–Kier alpha value is -1.86. The molecule has 1 aliphatic heterocycles. The molecule has 7 nitrogen and oxygen atoms in total. The van der Waals surface area contributed by atoms with E-state index in [0.717, 1.165) is 24.9 Å². The van der Waals surface area contributed by atoms with Crippen molar-refractivity contribution in [2.24, 2.45) is 5.84 Å². The van der Waals surface area contributed by atoms with Crippen molar-refractivity contribution in [1.29, 1.82) is 0 Å². The minimum atomic E-state index is -0.446. The molecule has 2 amide bonds. The summed E-state index contributed by atoms with van der Waals surface area (Å²) in [6, 6.07) is 1.68. The lowest BCUT2D eigenvalue weighted by molar-refractivity contribution is -0.125. The Morgan fingerprint density at radius 3 is 2.95 bits per heavy atom. The average molecular weight is 280 g/mol. The number of carbonyl (C=O) groups is 2. The van der Waals surface area contributed by atoms with E-state index in [4.69, 9.17) is 10.3 Å². The molecule has 1 unspecified atom stereocenters. The second-order valence-corrected chi connectivity index (χ2v) is 4.94. The largest absolute Gasteiger partial charge is 0.454 e. The van der Waals surface area contributed by atoms with E-state index in [1.807, 2.05) is 6.07 Å². The molecule has 1 aromatic heterocycles. The van der Waals surface area contributed by atoms with Crippen LogP contribution in [0.15, 0.2) is 10.5 Å². The summed E-state index contributed by atoms with van der Waals surface area (Å²) in [5.74, 6) is 5.56. The molecule has 2 heterocycles. The lowest BCUT2D eigenvalue weighted by Gasteiger charge is -2.21. The summed E-state index contributed by atoms with van der Waals surface area (Å²) in [5, 5.41) is 2.67. The van der Waals surface area contributed by atoms with Crippen LogP contribution in [0.25, 0.3) is 0 Å². The number of carbonyl (C=O) groups excluding carboxylic acids is 2. The Kier molecular flexibility index (Phi) is 4.41. The molecule has 1 aromatic rings. The molecule has 20 heavy (non-hydrogen) atoms. The van der Waals surface area contributed by atoms with Gasteiger partial charge < -0.3 is 9.73 Å². The van der Waals surface area contributed by atoms with Gasteiger partial charge in [0.1, 0.15) is 5.76 Å². The fraction of sp³-hybridized carbons (Fsp3) is 0.538. The lowest BCUT2D eigenvalue weighted by atomic mass is 10.2. The molecule has 110 valence electrons. The van der Waals surface area contributed by atoms with E-state index in [-0.39, 0.29) is 17.7 Å². The van der Waals surface area contributed by atoms with Gasteiger partial charge in [0.25, 0.3) is 0 Å². The molecule has 0 radical (unpaired) electrons. The molecule has 1 saturated heterocycles. The van der Waals surface area contributed by atoms with Crippen molar-refractivity contribution in [1.82, 2.24) is 15.6 Å². The van der Waals surface area contributed by atoms with Crippen molar-refractivity contribution in [2.75, 3.05) is 13.6 Å². The third kappa shape index (κ3) is 2.83. The molecular weight excluding hydrogens is 260 g/mol.